The second-order valence-corrected chi connectivity index (χ2v) is 5.29. The standard InChI is InChI=1S/C14H17BrN2O2/c1-11-7-13(15)8-12(9-18)14(11)19-6-2-4-17-5-3-16-10-17/h3,5,7-8,10,18H,2,4,6,9H2,1H3. The van der Waals surface area contributed by atoms with Crippen LogP contribution in [0.1, 0.15) is 17.5 Å². The molecular formula is C14H17BrN2O2. The molecule has 0 aliphatic rings. The largest absolute Gasteiger partial charge is 0.493 e. The Kier molecular flexibility index (Phi) is 4.99. The van der Waals surface area contributed by atoms with Crippen molar-refractivity contribution >= 4 is 15.9 Å². The van der Waals surface area contributed by atoms with Crippen molar-refractivity contribution in [3.05, 3.63) is 46.5 Å². The monoisotopic (exact) mass is 324 g/mol. The maximum atomic E-state index is 9.36. The van der Waals surface area contributed by atoms with E-state index >= 15 is 0 Å². The quantitative estimate of drug-likeness (QED) is 0.831. The van der Waals surface area contributed by atoms with Crippen LogP contribution in [-0.4, -0.2) is 21.3 Å². The molecule has 2 rings (SSSR count). The van der Waals surface area contributed by atoms with Crippen LogP contribution in [0.5, 0.6) is 5.75 Å². The maximum absolute atomic E-state index is 9.36. The fraction of sp³-hybridized carbons (Fsp3) is 0.357. The average molecular weight is 325 g/mol. The molecule has 5 heteroatoms. The molecule has 102 valence electrons. The van der Waals surface area contributed by atoms with Gasteiger partial charge in [0.25, 0.3) is 0 Å². The Morgan fingerprint density at radius 2 is 2.26 bits per heavy atom. The summed E-state index contributed by atoms with van der Waals surface area (Å²) in [6, 6.07) is 3.88. The van der Waals surface area contributed by atoms with Gasteiger partial charge in [-0.1, -0.05) is 15.9 Å². The first-order valence-electron chi connectivity index (χ1n) is 6.19. The molecular weight excluding hydrogens is 308 g/mol. The third-order valence-corrected chi connectivity index (χ3v) is 3.31. The highest BCUT2D eigenvalue weighted by Gasteiger charge is 2.08. The van der Waals surface area contributed by atoms with Crippen molar-refractivity contribution < 1.29 is 9.84 Å². The van der Waals surface area contributed by atoms with Crippen molar-refractivity contribution in [2.45, 2.75) is 26.5 Å². The molecule has 1 aromatic heterocycles. The molecule has 0 saturated heterocycles. The predicted molar refractivity (Wildman–Crippen MR) is 77.1 cm³/mol. The smallest absolute Gasteiger partial charge is 0.127 e. The third-order valence-electron chi connectivity index (χ3n) is 2.85. The minimum absolute atomic E-state index is 0.0167. The number of rotatable bonds is 6. The van der Waals surface area contributed by atoms with Gasteiger partial charge in [0, 0.05) is 29.0 Å². The van der Waals surface area contributed by atoms with Gasteiger partial charge in [-0.05, 0) is 31.0 Å². The first-order chi connectivity index (χ1) is 9.20. The summed E-state index contributed by atoms with van der Waals surface area (Å²) in [5.74, 6) is 0.788. The molecule has 0 unspecified atom stereocenters. The van der Waals surface area contributed by atoms with Crippen molar-refractivity contribution in [2.75, 3.05) is 6.61 Å². The van der Waals surface area contributed by atoms with Gasteiger partial charge in [0.15, 0.2) is 0 Å². The lowest BCUT2D eigenvalue weighted by molar-refractivity contribution is 0.258. The molecule has 1 aromatic carbocycles. The van der Waals surface area contributed by atoms with Crippen LogP contribution in [0.4, 0.5) is 0 Å². The number of nitrogens with zero attached hydrogens (tertiary/aromatic N) is 2. The maximum Gasteiger partial charge on any atom is 0.127 e. The molecule has 1 heterocycles. The van der Waals surface area contributed by atoms with Crippen molar-refractivity contribution in [1.82, 2.24) is 9.55 Å². The van der Waals surface area contributed by atoms with Crippen molar-refractivity contribution in [3.63, 3.8) is 0 Å². The van der Waals surface area contributed by atoms with E-state index in [9.17, 15) is 5.11 Å². The summed E-state index contributed by atoms with van der Waals surface area (Å²) in [6.45, 7) is 3.46. The van der Waals surface area contributed by atoms with Crippen LogP contribution in [-0.2, 0) is 13.2 Å². The molecule has 0 spiro atoms. The number of halogens is 1. The number of aromatic nitrogens is 2. The SMILES string of the molecule is Cc1cc(Br)cc(CO)c1OCCCn1ccnc1. The zero-order chi connectivity index (χ0) is 13.7. The van der Waals surface area contributed by atoms with Crippen LogP contribution in [0.3, 0.4) is 0 Å². The van der Waals surface area contributed by atoms with Gasteiger partial charge >= 0.3 is 0 Å². The van der Waals surface area contributed by atoms with E-state index in [0.717, 1.165) is 34.3 Å². The van der Waals surface area contributed by atoms with Crippen LogP contribution in [0.15, 0.2) is 35.3 Å². The Bertz CT molecular complexity index is 526. The van der Waals surface area contributed by atoms with Gasteiger partial charge in [-0.25, -0.2) is 4.98 Å². The molecule has 0 amide bonds. The normalized spacial score (nSPS) is 10.7. The van der Waals surface area contributed by atoms with Crippen molar-refractivity contribution in [2.24, 2.45) is 0 Å². The van der Waals surface area contributed by atoms with E-state index in [-0.39, 0.29) is 6.61 Å². The second-order valence-electron chi connectivity index (χ2n) is 4.37. The number of ether oxygens (including phenoxy) is 1. The van der Waals surface area contributed by atoms with Crippen LogP contribution in [0.2, 0.25) is 0 Å². The fourth-order valence-electron chi connectivity index (χ4n) is 1.96. The molecule has 1 N–H and O–H groups in total. The lowest BCUT2D eigenvalue weighted by atomic mass is 10.1. The number of imidazole rings is 1. The minimum atomic E-state index is -0.0167. The first-order valence-corrected chi connectivity index (χ1v) is 6.98. The zero-order valence-corrected chi connectivity index (χ0v) is 12.4. The molecule has 0 atom stereocenters. The van der Waals surface area contributed by atoms with Gasteiger partial charge in [-0.15, -0.1) is 0 Å². The highest BCUT2D eigenvalue weighted by Crippen LogP contribution is 2.28. The predicted octanol–water partition coefficient (Wildman–Crippen LogP) is 2.92. The summed E-state index contributed by atoms with van der Waals surface area (Å²) < 4.78 is 8.77. The van der Waals surface area contributed by atoms with Gasteiger partial charge in [0.05, 0.1) is 19.5 Å². The lowest BCUT2D eigenvalue weighted by Crippen LogP contribution is -2.06. The van der Waals surface area contributed by atoms with E-state index in [1.165, 1.54) is 0 Å². The van der Waals surface area contributed by atoms with E-state index in [2.05, 4.69) is 20.9 Å². The van der Waals surface area contributed by atoms with E-state index in [1.54, 1.807) is 12.5 Å². The van der Waals surface area contributed by atoms with Gasteiger partial charge in [0.2, 0.25) is 0 Å². The Morgan fingerprint density at radius 1 is 1.42 bits per heavy atom. The van der Waals surface area contributed by atoms with E-state index in [0.29, 0.717) is 6.61 Å². The van der Waals surface area contributed by atoms with Crippen molar-refractivity contribution in [3.8, 4) is 5.75 Å². The molecule has 0 radical (unpaired) electrons. The molecule has 0 aliphatic carbocycles. The van der Waals surface area contributed by atoms with Crippen LogP contribution >= 0.6 is 15.9 Å². The van der Waals surface area contributed by atoms with Crippen molar-refractivity contribution in [1.29, 1.82) is 0 Å². The summed E-state index contributed by atoms with van der Waals surface area (Å²) in [7, 11) is 0. The number of aliphatic hydroxyl groups excluding tert-OH is 1. The lowest BCUT2D eigenvalue weighted by Gasteiger charge is -2.13. The molecule has 0 fully saturated rings. The Hall–Kier alpha value is -1.33. The molecule has 2 aromatic rings. The highest BCUT2D eigenvalue weighted by molar-refractivity contribution is 9.10. The van der Waals surface area contributed by atoms with Crippen LogP contribution < -0.4 is 4.74 Å². The molecule has 19 heavy (non-hydrogen) atoms. The summed E-state index contributed by atoms with van der Waals surface area (Å²) in [6.07, 6.45) is 6.40. The van der Waals surface area contributed by atoms with Crippen LogP contribution in [0, 0.1) is 6.92 Å². The Labute approximate surface area is 121 Å². The van der Waals surface area contributed by atoms with Crippen LogP contribution in [0.25, 0.3) is 0 Å². The van der Waals surface area contributed by atoms with E-state index < -0.39 is 0 Å². The summed E-state index contributed by atoms with van der Waals surface area (Å²) in [5, 5.41) is 9.36. The van der Waals surface area contributed by atoms with E-state index in [4.69, 9.17) is 4.74 Å². The Balaban J connectivity index is 1.92. The number of aryl methyl sites for hydroxylation is 2. The van der Waals surface area contributed by atoms with Gasteiger partial charge < -0.3 is 14.4 Å². The van der Waals surface area contributed by atoms with Gasteiger partial charge in [0.1, 0.15) is 5.75 Å². The number of aliphatic hydroxyl groups is 1. The summed E-state index contributed by atoms with van der Waals surface area (Å²) >= 11 is 3.42. The summed E-state index contributed by atoms with van der Waals surface area (Å²) in [5.41, 5.74) is 1.84. The third kappa shape index (κ3) is 3.81. The highest BCUT2D eigenvalue weighted by atomic mass is 79.9. The molecule has 0 bridgehead atoms. The average Bonchev–Trinajstić information content (AvgIpc) is 2.89. The van der Waals surface area contributed by atoms with Gasteiger partial charge in [-0.2, -0.15) is 0 Å². The Morgan fingerprint density at radius 3 is 2.95 bits per heavy atom. The fourth-order valence-corrected chi connectivity index (χ4v) is 2.58. The van der Waals surface area contributed by atoms with E-state index in [1.807, 2.05) is 29.8 Å². The second kappa shape index (κ2) is 6.73. The molecule has 4 nitrogen and oxygen atoms in total. The minimum Gasteiger partial charge on any atom is -0.493 e. The zero-order valence-electron chi connectivity index (χ0n) is 10.8. The first kappa shape index (κ1) is 14.1. The number of hydrogen-bond acceptors (Lipinski definition) is 3. The van der Waals surface area contributed by atoms with Gasteiger partial charge in [-0.3, -0.25) is 0 Å². The molecule has 0 aliphatic heterocycles. The topological polar surface area (TPSA) is 47.3 Å². The number of benzene rings is 1. The summed E-state index contributed by atoms with van der Waals surface area (Å²) in [4.78, 5) is 3.99. The number of hydrogen-bond donors (Lipinski definition) is 1. The molecule has 0 saturated carbocycles.